The van der Waals surface area contributed by atoms with E-state index in [1.807, 2.05) is 0 Å². The molecule has 0 aliphatic carbocycles. The highest BCUT2D eigenvalue weighted by molar-refractivity contribution is 5.40. The van der Waals surface area contributed by atoms with E-state index in [2.05, 4.69) is 20.4 Å². The molecule has 8 heteroatoms. The molecule has 1 fully saturated rings. The molecule has 2 aromatic heterocycles. The molecule has 2 aromatic rings. The monoisotopic (exact) mass is 334 g/mol. The van der Waals surface area contributed by atoms with E-state index in [1.165, 1.54) is 0 Å². The quantitative estimate of drug-likeness (QED) is 0.724. The highest BCUT2D eigenvalue weighted by Gasteiger charge is 2.30. The number of ether oxygens (including phenoxy) is 1. The number of nitrogens with one attached hydrogen (secondary N) is 1. The number of pyridine rings is 1. The van der Waals surface area contributed by atoms with E-state index in [9.17, 15) is 10.2 Å². The number of nitrogens with zero attached hydrogens (tertiary/aromatic N) is 3. The molecule has 0 saturated carbocycles. The van der Waals surface area contributed by atoms with Crippen LogP contribution in [0, 0.1) is 13.8 Å². The Morgan fingerprint density at radius 3 is 2.88 bits per heavy atom. The summed E-state index contributed by atoms with van der Waals surface area (Å²) in [5.74, 6) is 1.26. The van der Waals surface area contributed by atoms with Crippen LogP contribution >= 0.6 is 0 Å². The molecule has 0 amide bonds. The molecule has 1 aliphatic heterocycles. The maximum atomic E-state index is 10.1. The first-order valence-corrected chi connectivity index (χ1v) is 8.02. The number of hydrogen-bond donors (Lipinski definition) is 3. The lowest BCUT2D eigenvalue weighted by Gasteiger charge is -2.15. The highest BCUT2D eigenvalue weighted by Crippen LogP contribution is 2.31. The molecule has 130 valence electrons. The molecule has 0 aromatic carbocycles. The van der Waals surface area contributed by atoms with Crippen LogP contribution in [0.15, 0.2) is 10.7 Å². The second-order valence-electron chi connectivity index (χ2n) is 5.99. The van der Waals surface area contributed by atoms with E-state index in [4.69, 9.17) is 9.26 Å². The third-order valence-electron chi connectivity index (χ3n) is 4.20. The van der Waals surface area contributed by atoms with Crippen molar-refractivity contribution in [3.8, 4) is 5.75 Å². The summed E-state index contributed by atoms with van der Waals surface area (Å²) >= 11 is 0. The Hall–Kier alpha value is -2.03. The molecular formula is C16H22N4O4. The molecular weight excluding hydrogens is 312 g/mol. The molecule has 1 aliphatic rings. The fourth-order valence-electron chi connectivity index (χ4n) is 2.86. The summed E-state index contributed by atoms with van der Waals surface area (Å²) in [7, 11) is 0. The van der Waals surface area contributed by atoms with Gasteiger partial charge in [0.05, 0.1) is 18.4 Å². The van der Waals surface area contributed by atoms with Gasteiger partial charge in [0.15, 0.2) is 5.82 Å². The van der Waals surface area contributed by atoms with Crippen molar-refractivity contribution in [1.29, 1.82) is 0 Å². The minimum atomic E-state index is -0.156. The van der Waals surface area contributed by atoms with Crippen LogP contribution in [0.1, 0.15) is 47.5 Å². The van der Waals surface area contributed by atoms with Crippen molar-refractivity contribution in [2.24, 2.45) is 0 Å². The lowest BCUT2D eigenvalue weighted by atomic mass is 10.1. The van der Waals surface area contributed by atoms with Gasteiger partial charge in [0.2, 0.25) is 0 Å². The Morgan fingerprint density at radius 1 is 1.33 bits per heavy atom. The Labute approximate surface area is 139 Å². The van der Waals surface area contributed by atoms with E-state index >= 15 is 0 Å². The first-order valence-electron chi connectivity index (χ1n) is 8.02. The summed E-state index contributed by atoms with van der Waals surface area (Å²) in [4.78, 5) is 8.26. The van der Waals surface area contributed by atoms with E-state index < -0.39 is 0 Å². The molecule has 24 heavy (non-hydrogen) atoms. The third-order valence-corrected chi connectivity index (χ3v) is 4.20. The van der Waals surface area contributed by atoms with Crippen molar-refractivity contribution in [3.05, 3.63) is 34.7 Å². The van der Waals surface area contributed by atoms with Crippen LogP contribution in [0.3, 0.4) is 0 Å². The van der Waals surface area contributed by atoms with Gasteiger partial charge in [0.25, 0.3) is 5.89 Å². The minimum absolute atomic E-state index is 0.0462. The summed E-state index contributed by atoms with van der Waals surface area (Å²) in [6.45, 7) is 4.43. The number of aliphatic hydroxyl groups is 1. The van der Waals surface area contributed by atoms with E-state index in [1.54, 1.807) is 20.0 Å². The van der Waals surface area contributed by atoms with Gasteiger partial charge < -0.3 is 24.8 Å². The SMILES string of the molecule is Cc1noc([C@@H]2CC[C@H](CNCc3c(CO)cnc(C)c3O)O2)n1. The number of aromatic hydroxyl groups is 1. The van der Waals surface area contributed by atoms with Crippen LogP contribution < -0.4 is 5.32 Å². The average molecular weight is 334 g/mol. The zero-order chi connectivity index (χ0) is 17.1. The van der Waals surface area contributed by atoms with Gasteiger partial charge in [-0.1, -0.05) is 5.16 Å². The van der Waals surface area contributed by atoms with Gasteiger partial charge in [0, 0.05) is 30.4 Å². The zero-order valence-corrected chi connectivity index (χ0v) is 13.8. The van der Waals surface area contributed by atoms with Gasteiger partial charge in [-0.15, -0.1) is 0 Å². The summed E-state index contributed by atoms with van der Waals surface area (Å²) in [6, 6.07) is 0. The Kier molecular flexibility index (Phi) is 5.08. The maximum absolute atomic E-state index is 10.1. The lowest BCUT2D eigenvalue weighted by Crippen LogP contribution is -2.26. The summed E-state index contributed by atoms with van der Waals surface area (Å²) in [6.07, 6.45) is 3.22. The average Bonchev–Trinajstić information content (AvgIpc) is 3.20. The van der Waals surface area contributed by atoms with Crippen molar-refractivity contribution < 1.29 is 19.5 Å². The van der Waals surface area contributed by atoms with Crippen molar-refractivity contribution in [1.82, 2.24) is 20.4 Å². The summed E-state index contributed by atoms with van der Waals surface area (Å²) in [5.41, 5.74) is 1.84. The van der Waals surface area contributed by atoms with E-state index in [-0.39, 0.29) is 24.6 Å². The van der Waals surface area contributed by atoms with Gasteiger partial charge >= 0.3 is 0 Å². The van der Waals surface area contributed by atoms with Crippen molar-refractivity contribution >= 4 is 0 Å². The number of aromatic nitrogens is 3. The van der Waals surface area contributed by atoms with Crippen molar-refractivity contribution in [2.75, 3.05) is 6.54 Å². The Morgan fingerprint density at radius 2 is 2.17 bits per heavy atom. The second kappa shape index (κ2) is 7.25. The molecule has 2 atom stereocenters. The van der Waals surface area contributed by atoms with E-state index in [0.29, 0.717) is 41.6 Å². The number of rotatable bonds is 6. The first-order chi connectivity index (χ1) is 11.6. The third kappa shape index (κ3) is 3.55. The Bertz CT molecular complexity index is 703. The van der Waals surface area contributed by atoms with Crippen molar-refractivity contribution in [3.63, 3.8) is 0 Å². The molecule has 0 unspecified atom stereocenters. The molecule has 0 radical (unpaired) electrons. The maximum Gasteiger partial charge on any atom is 0.255 e. The molecule has 0 bridgehead atoms. The highest BCUT2D eigenvalue weighted by atomic mass is 16.5. The molecule has 3 rings (SSSR count). The van der Waals surface area contributed by atoms with Crippen LogP contribution in [0.4, 0.5) is 0 Å². The van der Waals surface area contributed by atoms with Crippen LogP contribution in [0.25, 0.3) is 0 Å². The van der Waals surface area contributed by atoms with Crippen molar-refractivity contribution in [2.45, 2.75) is 52.0 Å². The lowest BCUT2D eigenvalue weighted by molar-refractivity contribution is 0.0264. The number of aliphatic hydroxyl groups excluding tert-OH is 1. The molecule has 8 nitrogen and oxygen atoms in total. The van der Waals surface area contributed by atoms with Gasteiger partial charge in [-0.2, -0.15) is 4.98 Å². The zero-order valence-electron chi connectivity index (χ0n) is 13.8. The fourth-order valence-corrected chi connectivity index (χ4v) is 2.86. The van der Waals surface area contributed by atoms with Gasteiger partial charge in [-0.25, -0.2) is 0 Å². The summed E-state index contributed by atoms with van der Waals surface area (Å²) in [5, 5.41) is 26.6. The smallest absolute Gasteiger partial charge is 0.255 e. The molecule has 3 N–H and O–H groups in total. The first kappa shape index (κ1) is 16.8. The van der Waals surface area contributed by atoms with Gasteiger partial charge in [-0.3, -0.25) is 4.98 Å². The van der Waals surface area contributed by atoms with Crippen LogP contribution in [0.5, 0.6) is 5.75 Å². The second-order valence-corrected chi connectivity index (χ2v) is 5.99. The largest absolute Gasteiger partial charge is 0.506 e. The van der Waals surface area contributed by atoms with Gasteiger partial charge in [0.1, 0.15) is 11.9 Å². The van der Waals surface area contributed by atoms with Crippen LogP contribution in [-0.4, -0.2) is 38.0 Å². The van der Waals surface area contributed by atoms with E-state index in [0.717, 1.165) is 12.8 Å². The van der Waals surface area contributed by atoms with Gasteiger partial charge in [-0.05, 0) is 26.7 Å². The van der Waals surface area contributed by atoms with Crippen LogP contribution in [-0.2, 0) is 17.9 Å². The molecule has 1 saturated heterocycles. The Balaban J connectivity index is 1.54. The standard InChI is InChI=1S/C16H22N4O4/c1-9-15(22)13(11(8-21)5-18-9)7-17-6-12-3-4-14(23-12)16-19-10(2)20-24-16/h5,12,14,17,21-22H,3-4,6-8H2,1-2H3/t12-,14+/m1/s1. The topological polar surface area (TPSA) is 114 Å². The van der Waals surface area contributed by atoms with Crippen LogP contribution in [0.2, 0.25) is 0 Å². The number of hydrogen-bond acceptors (Lipinski definition) is 8. The number of aryl methyl sites for hydroxylation is 2. The predicted octanol–water partition coefficient (Wildman–Crippen LogP) is 1.29. The fraction of sp³-hybridized carbons (Fsp3) is 0.562. The predicted molar refractivity (Wildman–Crippen MR) is 84.2 cm³/mol. The molecule has 0 spiro atoms. The normalized spacial score (nSPS) is 20.6. The molecule has 3 heterocycles. The minimum Gasteiger partial charge on any atom is -0.506 e. The summed E-state index contributed by atoms with van der Waals surface area (Å²) < 4.78 is 11.1.